The molecule has 0 amide bonds. The number of fused-ring (bicyclic) bond motifs is 1. The summed E-state index contributed by atoms with van der Waals surface area (Å²) in [6.07, 6.45) is -0.915. The zero-order valence-corrected chi connectivity index (χ0v) is 15.6. The molecule has 1 aliphatic heterocycles. The Bertz CT molecular complexity index is 1250. The predicted molar refractivity (Wildman–Crippen MR) is 111 cm³/mol. The molecule has 1 unspecified atom stereocenters. The minimum atomic E-state index is -0.915. The molecule has 5 N–H and O–H groups in total. The first kappa shape index (κ1) is 18.4. The highest BCUT2D eigenvalue weighted by molar-refractivity contribution is 6.09. The molecule has 0 aliphatic carbocycles. The highest BCUT2D eigenvalue weighted by atomic mass is 16.3. The molecule has 8 nitrogen and oxygen atoms in total. The summed E-state index contributed by atoms with van der Waals surface area (Å²) in [4.78, 5) is 17.7. The summed E-state index contributed by atoms with van der Waals surface area (Å²) in [5, 5.41) is 11.6. The zero-order valence-electron chi connectivity index (χ0n) is 15.6. The van der Waals surface area contributed by atoms with Crippen LogP contribution < -0.4 is 22.3 Å². The molecule has 3 aromatic rings. The third-order valence-electron chi connectivity index (χ3n) is 4.69. The molecular weight excluding hydrogens is 368 g/mol. The highest BCUT2D eigenvalue weighted by Gasteiger charge is 2.33. The van der Waals surface area contributed by atoms with Gasteiger partial charge < -0.3 is 10.2 Å². The topological polar surface area (TPSA) is 134 Å². The van der Waals surface area contributed by atoms with Crippen LogP contribution >= 0.6 is 0 Å². The van der Waals surface area contributed by atoms with Gasteiger partial charge in [-0.15, -0.1) is 0 Å². The van der Waals surface area contributed by atoms with Gasteiger partial charge in [0.2, 0.25) is 5.43 Å². The number of benzene rings is 2. The van der Waals surface area contributed by atoms with Crippen LogP contribution in [0.2, 0.25) is 0 Å². The monoisotopic (exact) mass is 386 g/mol. The number of hydrogen-bond acceptors (Lipinski definition) is 8. The van der Waals surface area contributed by atoms with Crippen molar-refractivity contribution in [2.75, 3.05) is 7.05 Å². The van der Waals surface area contributed by atoms with E-state index < -0.39 is 6.29 Å². The van der Waals surface area contributed by atoms with E-state index in [1.54, 1.807) is 31.3 Å². The second-order valence-corrected chi connectivity index (χ2v) is 6.35. The van der Waals surface area contributed by atoms with Gasteiger partial charge >= 0.3 is 0 Å². The molecule has 0 bridgehead atoms. The Labute approximate surface area is 166 Å². The molecule has 0 saturated heterocycles. The van der Waals surface area contributed by atoms with E-state index in [0.29, 0.717) is 22.3 Å². The summed E-state index contributed by atoms with van der Waals surface area (Å²) in [5.41, 5.74) is 16.3. The minimum Gasteiger partial charge on any atom is -0.455 e. The second-order valence-electron chi connectivity index (χ2n) is 6.35. The Kier molecular flexibility index (Phi) is 4.60. The van der Waals surface area contributed by atoms with Crippen LogP contribution in [0.25, 0.3) is 28.0 Å². The third kappa shape index (κ3) is 2.95. The maximum absolute atomic E-state index is 13.6. The Morgan fingerprint density at radius 2 is 1.86 bits per heavy atom. The molecule has 0 fully saturated rings. The molecular formula is C21H18N6O2. The van der Waals surface area contributed by atoms with Crippen LogP contribution in [0, 0.1) is 11.3 Å². The van der Waals surface area contributed by atoms with Gasteiger partial charge in [-0.2, -0.15) is 5.26 Å². The van der Waals surface area contributed by atoms with Crippen LogP contribution in [0.4, 0.5) is 0 Å². The molecule has 2 aromatic carbocycles. The average Bonchev–Trinajstić information content (AvgIpc) is 2.74. The summed E-state index contributed by atoms with van der Waals surface area (Å²) >= 11 is 0. The van der Waals surface area contributed by atoms with Gasteiger partial charge in [-0.1, -0.05) is 42.5 Å². The van der Waals surface area contributed by atoms with Crippen molar-refractivity contribution in [1.29, 1.82) is 5.26 Å². The van der Waals surface area contributed by atoms with E-state index in [4.69, 9.17) is 15.9 Å². The number of nitrogens with one attached hydrogen (secondary N) is 1. The molecule has 0 saturated carbocycles. The quantitative estimate of drug-likeness (QED) is 0.624. The van der Waals surface area contributed by atoms with Gasteiger partial charge in [0.1, 0.15) is 28.8 Å². The molecule has 1 atom stereocenters. The van der Waals surface area contributed by atoms with Gasteiger partial charge in [-0.3, -0.25) is 15.5 Å². The van der Waals surface area contributed by atoms with Crippen LogP contribution in [0.1, 0.15) is 5.56 Å². The number of aliphatic imine (C=N–C) groups is 1. The number of nitrogens with two attached hydrogens (primary N) is 2. The Morgan fingerprint density at radius 3 is 2.55 bits per heavy atom. The van der Waals surface area contributed by atoms with Gasteiger partial charge in [0.05, 0.1) is 16.6 Å². The molecule has 2 heterocycles. The van der Waals surface area contributed by atoms with Crippen LogP contribution in [0.3, 0.4) is 0 Å². The fourth-order valence-corrected chi connectivity index (χ4v) is 3.39. The van der Waals surface area contributed by atoms with Gasteiger partial charge in [-0.05, 0) is 12.1 Å². The van der Waals surface area contributed by atoms with E-state index in [1.807, 2.05) is 36.4 Å². The fourth-order valence-electron chi connectivity index (χ4n) is 3.39. The molecule has 1 aliphatic rings. The van der Waals surface area contributed by atoms with Crippen molar-refractivity contribution in [3.05, 3.63) is 76.0 Å². The van der Waals surface area contributed by atoms with Crippen LogP contribution in [-0.2, 0) is 0 Å². The van der Waals surface area contributed by atoms with E-state index in [2.05, 4.69) is 10.4 Å². The standard InChI is InChI=1S/C21H18N6O2/c1-25-27-17(14(11-22)20(23)26-21(27)24)16-18(28)13-9-5-6-10-15(13)29-19(16)12-7-3-2-4-8-12/h2-10,21,25H,24H2,1H3,(H2,23,26). The maximum Gasteiger partial charge on any atom is 0.202 e. The Balaban J connectivity index is 2.17. The van der Waals surface area contributed by atoms with Crippen LogP contribution in [0.5, 0.6) is 0 Å². The Morgan fingerprint density at radius 1 is 1.17 bits per heavy atom. The SMILES string of the molecule is CNN1C(c2c(-c3ccccc3)oc3ccccc3c2=O)=C(C#N)C(N)=NC1N. The summed E-state index contributed by atoms with van der Waals surface area (Å²) < 4.78 is 6.15. The molecule has 0 radical (unpaired) electrons. The first-order valence-corrected chi connectivity index (χ1v) is 8.88. The Hall–Kier alpha value is -3.93. The second kappa shape index (κ2) is 7.24. The largest absolute Gasteiger partial charge is 0.455 e. The smallest absolute Gasteiger partial charge is 0.202 e. The number of hydrogen-bond donors (Lipinski definition) is 3. The first-order valence-electron chi connectivity index (χ1n) is 8.88. The normalized spacial score (nSPS) is 16.7. The lowest BCUT2D eigenvalue weighted by molar-refractivity contribution is 0.238. The first-order chi connectivity index (χ1) is 14.1. The van der Waals surface area contributed by atoms with Crippen molar-refractivity contribution in [2.24, 2.45) is 16.5 Å². The van der Waals surface area contributed by atoms with Crippen LogP contribution in [-0.4, -0.2) is 24.2 Å². The minimum absolute atomic E-state index is 0.0342. The number of hydrazine groups is 1. The summed E-state index contributed by atoms with van der Waals surface area (Å²) in [5.74, 6) is 0.285. The van der Waals surface area contributed by atoms with E-state index in [1.165, 1.54) is 5.01 Å². The predicted octanol–water partition coefficient (Wildman–Crippen LogP) is 1.74. The molecule has 29 heavy (non-hydrogen) atoms. The van der Waals surface area contributed by atoms with Crippen molar-refractivity contribution in [1.82, 2.24) is 10.4 Å². The van der Waals surface area contributed by atoms with Crippen molar-refractivity contribution in [2.45, 2.75) is 6.29 Å². The van der Waals surface area contributed by atoms with Gasteiger partial charge in [0, 0.05) is 12.6 Å². The van der Waals surface area contributed by atoms with Crippen LogP contribution in [0.15, 0.2) is 74.4 Å². The van der Waals surface area contributed by atoms with E-state index >= 15 is 0 Å². The summed E-state index contributed by atoms with van der Waals surface area (Å²) in [7, 11) is 1.62. The lowest BCUT2D eigenvalue weighted by Crippen LogP contribution is -2.51. The number of para-hydroxylation sites is 1. The maximum atomic E-state index is 13.6. The molecule has 0 spiro atoms. The number of nitriles is 1. The van der Waals surface area contributed by atoms with E-state index in [0.717, 1.165) is 0 Å². The van der Waals surface area contributed by atoms with Crippen molar-refractivity contribution in [3.8, 4) is 17.4 Å². The summed E-state index contributed by atoms with van der Waals surface area (Å²) in [6.45, 7) is 0. The number of amidine groups is 1. The molecule has 144 valence electrons. The van der Waals surface area contributed by atoms with E-state index in [-0.39, 0.29) is 28.1 Å². The van der Waals surface area contributed by atoms with Gasteiger partial charge in [-0.25, -0.2) is 10.4 Å². The van der Waals surface area contributed by atoms with E-state index in [9.17, 15) is 10.1 Å². The molecule has 8 heteroatoms. The van der Waals surface area contributed by atoms with Gasteiger partial charge in [0.15, 0.2) is 6.29 Å². The number of rotatable bonds is 3. The molecule has 4 rings (SSSR count). The lowest BCUT2D eigenvalue weighted by Gasteiger charge is -2.33. The summed E-state index contributed by atoms with van der Waals surface area (Å²) in [6, 6.07) is 18.2. The van der Waals surface area contributed by atoms with Crippen molar-refractivity contribution >= 4 is 22.5 Å². The van der Waals surface area contributed by atoms with Crippen molar-refractivity contribution < 1.29 is 4.42 Å². The zero-order chi connectivity index (χ0) is 20.5. The highest BCUT2D eigenvalue weighted by Crippen LogP contribution is 2.34. The third-order valence-corrected chi connectivity index (χ3v) is 4.69. The number of nitrogens with zero attached hydrogens (tertiary/aromatic N) is 3. The van der Waals surface area contributed by atoms with Crippen molar-refractivity contribution in [3.63, 3.8) is 0 Å². The lowest BCUT2D eigenvalue weighted by atomic mass is 9.98. The van der Waals surface area contributed by atoms with Gasteiger partial charge in [0.25, 0.3) is 0 Å². The fraction of sp³-hybridized carbons (Fsp3) is 0.0952. The average molecular weight is 386 g/mol. The molecule has 1 aromatic heterocycles.